The van der Waals surface area contributed by atoms with E-state index in [9.17, 15) is 22.8 Å². The normalized spacial score (nSPS) is 13.6. The third kappa shape index (κ3) is 3.71. The van der Waals surface area contributed by atoms with Crippen LogP contribution < -0.4 is 10.9 Å². The molecule has 6 rings (SSSR count). The molecule has 1 amide bonds. The van der Waals surface area contributed by atoms with Gasteiger partial charge in [0, 0.05) is 40.8 Å². The molecule has 0 atom stereocenters. The number of hydrogen-bond donors (Lipinski definition) is 1. The second kappa shape index (κ2) is 8.05. The van der Waals surface area contributed by atoms with E-state index in [-0.39, 0.29) is 11.6 Å². The van der Waals surface area contributed by atoms with E-state index < -0.39 is 17.3 Å². The van der Waals surface area contributed by atoms with E-state index in [1.165, 1.54) is 22.8 Å². The van der Waals surface area contributed by atoms with E-state index in [0.717, 1.165) is 34.5 Å². The molecule has 5 nitrogen and oxygen atoms in total. The Bertz CT molecular complexity index is 1760. The minimum absolute atomic E-state index is 0.00827. The fourth-order valence-corrected chi connectivity index (χ4v) is 4.73. The lowest BCUT2D eigenvalue weighted by Crippen LogP contribution is -2.18. The standard InChI is InChI=1S/C28H18F3N3O2/c29-28(30,31)20-2-1-3-21(14-20)34-26(36)11-7-19-15-32-24-9-5-17(13-22(24)27(19)34)16-4-8-23-18(12-16)6-10-25(35)33-23/h1-5,7-9,11-15H,6,10H2,(H,33,35). The molecule has 0 bridgehead atoms. The van der Waals surface area contributed by atoms with E-state index in [2.05, 4.69) is 10.3 Å². The highest BCUT2D eigenvalue weighted by Gasteiger charge is 2.30. The summed E-state index contributed by atoms with van der Waals surface area (Å²) in [6.07, 6.45) is -1.86. The minimum Gasteiger partial charge on any atom is -0.326 e. The minimum atomic E-state index is -4.53. The number of carbonyl (C=O) groups is 1. The van der Waals surface area contributed by atoms with Crippen molar-refractivity contribution in [2.45, 2.75) is 19.0 Å². The molecule has 1 aliphatic rings. The van der Waals surface area contributed by atoms with Crippen LogP contribution in [0.4, 0.5) is 18.9 Å². The molecule has 0 aliphatic carbocycles. The summed E-state index contributed by atoms with van der Waals surface area (Å²) in [5.74, 6) is -0.00827. The van der Waals surface area contributed by atoms with E-state index in [1.807, 2.05) is 36.4 Å². The number of aromatic nitrogens is 2. The van der Waals surface area contributed by atoms with Crippen LogP contribution in [0.15, 0.2) is 83.8 Å². The topological polar surface area (TPSA) is 64.0 Å². The Hall–Kier alpha value is -4.46. The number of halogens is 3. The maximum atomic E-state index is 13.4. The van der Waals surface area contributed by atoms with Crippen molar-refractivity contribution in [1.82, 2.24) is 9.55 Å². The quantitative estimate of drug-likeness (QED) is 0.307. The summed E-state index contributed by atoms with van der Waals surface area (Å²) >= 11 is 0. The summed E-state index contributed by atoms with van der Waals surface area (Å²) in [6, 6.07) is 19.2. The van der Waals surface area contributed by atoms with E-state index in [4.69, 9.17) is 0 Å². The number of pyridine rings is 2. The van der Waals surface area contributed by atoms with Gasteiger partial charge in [-0.1, -0.05) is 18.2 Å². The first-order chi connectivity index (χ1) is 17.3. The molecule has 1 aliphatic heterocycles. The van der Waals surface area contributed by atoms with E-state index in [0.29, 0.717) is 34.6 Å². The number of benzene rings is 3. The number of aryl methyl sites for hydroxylation is 1. The van der Waals surface area contributed by atoms with Crippen molar-refractivity contribution >= 4 is 33.4 Å². The van der Waals surface area contributed by atoms with E-state index in [1.54, 1.807) is 12.3 Å². The van der Waals surface area contributed by atoms with Crippen molar-refractivity contribution in [2.24, 2.45) is 0 Å². The van der Waals surface area contributed by atoms with Crippen molar-refractivity contribution in [3.63, 3.8) is 0 Å². The second-order valence-corrected chi connectivity index (χ2v) is 8.77. The number of rotatable bonds is 2. The predicted octanol–water partition coefficient (Wildman–Crippen LogP) is 6.11. The van der Waals surface area contributed by atoms with Crippen molar-refractivity contribution in [3.05, 3.63) is 100 Å². The van der Waals surface area contributed by atoms with Crippen molar-refractivity contribution in [3.8, 4) is 16.8 Å². The summed E-state index contributed by atoms with van der Waals surface area (Å²) in [4.78, 5) is 29.2. The number of nitrogens with one attached hydrogen (secondary N) is 1. The molecule has 178 valence electrons. The van der Waals surface area contributed by atoms with Crippen LogP contribution in [0, 0.1) is 0 Å². The Morgan fingerprint density at radius 2 is 1.67 bits per heavy atom. The average Bonchev–Trinajstić information content (AvgIpc) is 2.87. The lowest BCUT2D eigenvalue weighted by atomic mass is 9.96. The third-order valence-corrected chi connectivity index (χ3v) is 6.48. The number of nitrogens with zero attached hydrogens (tertiary/aromatic N) is 2. The molecule has 8 heteroatoms. The van der Waals surface area contributed by atoms with Gasteiger partial charge in [0.25, 0.3) is 5.56 Å². The highest BCUT2D eigenvalue weighted by atomic mass is 19.4. The largest absolute Gasteiger partial charge is 0.416 e. The highest BCUT2D eigenvalue weighted by molar-refractivity contribution is 6.05. The van der Waals surface area contributed by atoms with Crippen molar-refractivity contribution < 1.29 is 18.0 Å². The van der Waals surface area contributed by atoms with Gasteiger partial charge in [-0.2, -0.15) is 13.2 Å². The van der Waals surface area contributed by atoms with Gasteiger partial charge in [-0.15, -0.1) is 0 Å². The molecule has 0 saturated carbocycles. The van der Waals surface area contributed by atoms with Crippen LogP contribution in [0.5, 0.6) is 0 Å². The Morgan fingerprint density at radius 3 is 2.50 bits per heavy atom. The Kier molecular flexibility index (Phi) is 4.93. The first-order valence-corrected chi connectivity index (χ1v) is 11.3. The van der Waals surface area contributed by atoms with Gasteiger partial charge in [-0.05, 0) is 71.6 Å². The van der Waals surface area contributed by atoms with Crippen LogP contribution >= 0.6 is 0 Å². The van der Waals surface area contributed by atoms with Gasteiger partial charge in [0.15, 0.2) is 0 Å². The molecule has 0 spiro atoms. The maximum absolute atomic E-state index is 13.4. The number of hydrogen-bond acceptors (Lipinski definition) is 3. The molecule has 0 fully saturated rings. The molecule has 5 aromatic rings. The molecule has 0 saturated heterocycles. The van der Waals surface area contributed by atoms with Gasteiger partial charge in [-0.25, -0.2) is 0 Å². The third-order valence-electron chi connectivity index (χ3n) is 6.48. The zero-order valence-corrected chi connectivity index (χ0v) is 18.8. The lowest BCUT2D eigenvalue weighted by Gasteiger charge is -2.18. The van der Waals surface area contributed by atoms with Crippen LogP contribution in [0.2, 0.25) is 0 Å². The van der Waals surface area contributed by atoms with Gasteiger partial charge in [0.05, 0.1) is 16.6 Å². The fourth-order valence-electron chi connectivity index (χ4n) is 4.73. The van der Waals surface area contributed by atoms with Gasteiger partial charge < -0.3 is 5.32 Å². The fraction of sp³-hybridized carbons (Fsp3) is 0.107. The summed E-state index contributed by atoms with van der Waals surface area (Å²) < 4.78 is 41.5. The summed E-state index contributed by atoms with van der Waals surface area (Å²) in [5, 5.41) is 4.15. The zero-order chi connectivity index (χ0) is 25.0. The number of amides is 1. The monoisotopic (exact) mass is 485 g/mol. The SMILES string of the molecule is O=C1CCc2cc(-c3ccc4ncc5ccc(=O)n(-c6cccc(C(F)(F)F)c6)c5c4c3)ccc2N1. The predicted molar refractivity (Wildman–Crippen MR) is 132 cm³/mol. The number of fused-ring (bicyclic) bond motifs is 4. The molecular formula is C28H18F3N3O2. The molecule has 3 aromatic carbocycles. The molecule has 36 heavy (non-hydrogen) atoms. The Labute approximate surface area is 202 Å². The van der Waals surface area contributed by atoms with Crippen LogP contribution in [0.3, 0.4) is 0 Å². The van der Waals surface area contributed by atoms with Gasteiger partial charge in [-0.3, -0.25) is 19.1 Å². The Morgan fingerprint density at radius 1 is 0.861 bits per heavy atom. The first-order valence-electron chi connectivity index (χ1n) is 11.3. The van der Waals surface area contributed by atoms with E-state index >= 15 is 0 Å². The van der Waals surface area contributed by atoms with Crippen LogP contribution in [-0.2, 0) is 17.4 Å². The van der Waals surface area contributed by atoms with Crippen LogP contribution in [0.1, 0.15) is 17.5 Å². The number of anilines is 1. The zero-order valence-electron chi connectivity index (χ0n) is 18.8. The molecule has 0 radical (unpaired) electrons. The number of carbonyl (C=O) groups excluding carboxylic acids is 1. The van der Waals surface area contributed by atoms with Gasteiger partial charge in [0.1, 0.15) is 0 Å². The maximum Gasteiger partial charge on any atom is 0.416 e. The van der Waals surface area contributed by atoms with Crippen molar-refractivity contribution in [2.75, 3.05) is 5.32 Å². The number of alkyl halides is 3. The second-order valence-electron chi connectivity index (χ2n) is 8.77. The van der Waals surface area contributed by atoms with Crippen molar-refractivity contribution in [1.29, 1.82) is 0 Å². The highest BCUT2D eigenvalue weighted by Crippen LogP contribution is 2.34. The van der Waals surface area contributed by atoms with Crippen LogP contribution in [-0.4, -0.2) is 15.5 Å². The lowest BCUT2D eigenvalue weighted by molar-refractivity contribution is -0.137. The molecule has 0 unspecified atom stereocenters. The average molecular weight is 485 g/mol. The van der Waals surface area contributed by atoms with Crippen LogP contribution in [0.25, 0.3) is 38.6 Å². The molecule has 1 N–H and O–H groups in total. The molecule has 3 heterocycles. The smallest absolute Gasteiger partial charge is 0.326 e. The van der Waals surface area contributed by atoms with Gasteiger partial charge >= 0.3 is 6.18 Å². The van der Waals surface area contributed by atoms with Gasteiger partial charge in [0.2, 0.25) is 5.91 Å². The molecule has 2 aromatic heterocycles. The Balaban J connectivity index is 1.59. The molecular weight excluding hydrogens is 467 g/mol. The summed E-state index contributed by atoms with van der Waals surface area (Å²) in [5.41, 5.74) is 3.57. The first kappa shape index (κ1) is 22.0. The summed E-state index contributed by atoms with van der Waals surface area (Å²) in [6.45, 7) is 0. The summed E-state index contributed by atoms with van der Waals surface area (Å²) in [7, 11) is 0.